The molecule has 0 fully saturated rings. The molecule has 5 nitrogen and oxygen atoms in total. The van der Waals surface area contributed by atoms with Crippen LogP contribution in [0.5, 0.6) is 0 Å². The number of carbonyl (C=O) groups is 1. The molecule has 102 valence electrons. The van der Waals surface area contributed by atoms with Gasteiger partial charge in [-0.25, -0.2) is 4.98 Å². The van der Waals surface area contributed by atoms with E-state index in [1.807, 2.05) is 30.3 Å². The van der Waals surface area contributed by atoms with Crippen molar-refractivity contribution in [3.8, 4) is 0 Å². The Morgan fingerprint density at radius 3 is 2.75 bits per heavy atom. The van der Waals surface area contributed by atoms with Crippen LogP contribution in [0.1, 0.15) is 11.1 Å². The highest BCUT2D eigenvalue weighted by Gasteiger charge is 2.46. The lowest BCUT2D eigenvalue weighted by atomic mass is 9.97. The number of rotatable bonds is 2. The van der Waals surface area contributed by atoms with E-state index in [0.29, 0.717) is 10.7 Å². The second kappa shape index (κ2) is 4.49. The fourth-order valence-corrected chi connectivity index (χ4v) is 3.56. The highest BCUT2D eigenvalue weighted by atomic mass is 32.2. The summed E-state index contributed by atoms with van der Waals surface area (Å²) in [5.41, 5.74) is 6.86. The Balaban J connectivity index is 2.17. The SMILES string of the molecule is Cc1cnc2n(c1=O)CC(C(N)=O)(c1ccccc1)S2. The van der Waals surface area contributed by atoms with Gasteiger partial charge in [-0.1, -0.05) is 42.1 Å². The summed E-state index contributed by atoms with van der Waals surface area (Å²) in [5, 5.41) is 0.531. The fourth-order valence-electron chi connectivity index (χ4n) is 2.34. The normalized spacial score (nSPS) is 20.6. The zero-order valence-corrected chi connectivity index (χ0v) is 11.7. The summed E-state index contributed by atoms with van der Waals surface area (Å²) < 4.78 is 0.561. The van der Waals surface area contributed by atoms with Crippen molar-refractivity contribution in [3.63, 3.8) is 0 Å². The quantitative estimate of drug-likeness (QED) is 0.837. The third-order valence-electron chi connectivity index (χ3n) is 3.47. The summed E-state index contributed by atoms with van der Waals surface area (Å²) in [6, 6.07) is 9.28. The number of hydrogen-bond donors (Lipinski definition) is 1. The van der Waals surface area contributed by atoms with E-state index >= 15 is 0 Å². The topological polar surface area (TPSA) is 78.0 Å². The monoisotopic (exact) mass is 287 g/mol. The molecule has 6 heteroatoms. The van der Waals surface area contributed by atoms with Gasteiger partial charge >= 0.3 is 0 Å². The average Bonchev–Trinajstić information content (AvgIpc) is 2.86. The Morgan fingerprint density at radius 1 is 1.40 bits per heavy atom. The third-order valence-corrected chi connectivity index (χ3v) is 4.89. The van der Waals surface area contributed by atoms with Crippen LogP contribution in [0.3, 0.4) is 0 Å². The molecule has 0 spiro atoms. The zero-order chi connectivity index (χ0) is 14.3. The van der Waals surface area contributed by atoms with E-state index in [1.165, 1.54) is 22.5 Å². The molecular weight excluding hydrogens is 274 g/mol. The number of amides is 1. The molecule has 1 aromatic heterocycles. The summed E-state index contributed by atoms with van der Waals surface area (Å²) in [7, 11) is 0. The van der Waals surface area contributed by atoms with Crippen molar-refractivity contribution in [2.75, 3.05) is 0 Å². The number of nitrogens with two attached hydrogens (primary N) is 1. The van der Waals surface area contributed by atoms with Gasteiger partial charge in [0.15, 0.2) is 5.16 Å². The molecule has 0 saturated heterocycles. The van der Waals surface area contributed by atoms with Crippen LogP contribution >= 0.6 is 11.8 Å². The Hall–Kier alpha value is -2.08. The summed E-state index contributed by atoms with van der Waals surface area (Å²) >= 11 is 1.24. The lowest BCUT2D eigenvalue weighted by Gasteiger charge is -2.23. The van der Waals surface area contributed by atoms with Crippen LogP contribution in [0.4, 0.5) is 0 Å². The van der Waals surface area contributed by atoms with Crippen molar-refractivity contribution in [2.24, 2.45) is 5.73 Å². The van der Waals surface area contributed by atoms with Crippen LogP contribution in [0.25, 0.3) is 0 Å². The van der Waals surface area contributed by atoms with E-state index in [1.54, 1.807) is 6.92 Å². The van der Waals surface area contributed by atoms with Gasteiger partial charge in [-0.2, -0.15) is 0 Å². The molecule has 1 unspecified atom stereocenters. The minimum absolute atomic E-state index is 0.124. The standard InChI is InChI=1S/C14H13N3O2S/c1-9-7-16-13-17(11(9)18)8-14(20-13,12(15)19)10-5-3-2-4-6-10/h2-7H,8H2,1H3,(H2,15,19). The van der Waals surface area contributed by atoms with E-state index in [2.05, 4.69) is 4.98 Å². The predicted octanol–water partition coefficient (Wildman–Crippen LogP) is 1.04. The van der Waals surface area contributed by atoms with Crippen LogP contribution in [0.15, 0.2) is 46.5 Å². The molecule has 2 N–H and O–H groups in total. The van der Waals surface area contributed by atoms with Gasteiger partial charge < -0.3 is 5.73 Å². The first-order valence-electron chi connectivity index (χ1n) is 6.15. The van der Waals surface area contributed by atoms with Crippen molar-refractivity contribution >= 4 is 17.7 Å². The highest BCUT2D eigenvalue weighted by Crippen LogP contribution is 2.46. The first kappa shape index (κ1) is 12.9. The van der Waals surface area contributed by atoms with Gasteiger partial charge in [0.2, 0.25) is 5.91 Å². The molecule has 3 rings (SSSR count). The van der Waals surface area contributed by atoms with Gasteiger partial charge in [0.25, 0.3) is 5.56 Å². The van der Waals surface area contributed by atoms with E-state index in [0.717, 1.165) is 5.56 Å². The Kier molecular flexibility index (Phi) is 2.90. The average molecular weight is 287 g/mol. The van der Waals surface area contributed by atoms with Gasteiger partial charge in [0, 0.05) is 11.8 Å². The Bertz CT molecular complexity index is 742. The van der Waals surface area contributed by atoms with Crippen LogP contribution in [0.2, 0.25) is 0 Å². The summed E-state index contributed by atoms with van der Waals surface area (Å²) in [5.74, 6) is -0.462. The van der Waals surface area contributed by atoms with Gasteiger partial charge in [0.05, 0.1) is 6.54 Å². The summed E-state index contributed by atoms with van der Waals surface area (Å²) in [4.78, 5) is 28.4. The Labute approximate surface area is 119 Å². The molecule has 0 radical (unpaired) electrons. The first-order chi connectivity index (χ1) is 9.54. The summed E-state index contributed by atoms with van der Waals surface area (Å²) in [6.45, 7) is 1.93. The zero-order valence-electron chi connectivity index (χ0n) is 10.9. The third kappa shape index (κ3) is 1.76. The molecule has 2 heterocycles. The van der Waals surface area contributed by atoms with Crippen LogP contribution < -0.4 is 11.3 Å². The van der Waals surface area contributed by atoms with Gasteiger partial charge in [-0.15, -0.1) is 0 Å². The summed E-state index contributed by atoms with van der Waals surface area (Å²) in [6.07, 6.45) is 1.53. The molecular formula is C14H13N3O2S. The lowest BCUT2D eigenvalue weighted by molar-refractivity contribution is -0.120. The number of aromatic nitrogens is 2. The number of thioether (sulfide) groups is 1. The largest absolute Gasteiger partial charge is 0.368 e. The van der Waals surface area contributed by atoms with Crippen molar-refractivity contribution in [1.29, 1.82) is 0 Å². The number of fused-ring (bicyclic) bond motifs is 1. The van der Waals surface area contributed by atoms with Crippen molar-refractivity contribution in [3.05, 3.63) is 58.0 Å². The highest BCUT2D eigenvalue weighted by molar-refractivity contribution is 8.01. The second-order valence-corrected chi connectivity index (χ2v) is 6.04. The number of primary amides is 1. The second-order valence-electron chi connectivity index (χ2n) is 4.77. The first-order valence-corrected chi connectivity index (χ1v) is 6.97. The van der Waals surface area contributed by atoms with Gasteiger partial charge in [0.1, 0.15) is 4.75 Å². The number of nitrogens with zero attached hydrogens (tertiary/aromatic N) is 2. The smallest absolute Gasteiger partial charge is 0.257 e. The number of benzene rings is 1. The predicted molar refractivity (Wildman–Crippen MR) is 76.4 cm³/mol. The molecule has 0 bridgehead atoms. The molecule has 1 aromatic carbocycles. The minimum Gasteiger partial charge on any atom is -0.368 e. The molecule has 1 aliphatic rings. The Morgan fingerprint density at radius 2 is 2.10 bits per heavy atom. The lowest BCUT2D eigenvalue weighted by Crippen LogP contribution is -2.40. The van der Waals surface area contributed by atoms with Crippen LogP contribution in [0, 0.1) is 6.92 Å². The van der Waals surface area contributed by atoms with Crippen molar-refractivity contribution in [1.82, 2.24) is 9.55 Å². The van der Waals surface area contributed by atoms with E-state index < -0.39 is 10.7 Å². The fraction of sp³-hybridized carbons (Fsp3) is 0.214. The van der Waals surface area contributed by atoms with Crippen LogP contribution in [-0.4, -0.2) is 15.5 Å². The molecule has 1 atom stereocenters. The van der Waals surface area contributed by atoms with Crippen molar-refractivity contribution < 1.29 is 4.79 Å². The maximum Gasteiger partial charge on any atom is 0.257 e. The van der Waals surface area contributed by atoms with E-state index in [4.69, 9.17) is 5.73 Å². The maximum atomic E-state index is 12.2. The van der Waals surface area contributed by atoms with Crippen LogP contribution in [-0.2, 0) is 16.1 Å². The molecule has 1 amide bonds. The number of aryl methyl sites for hydroxylation is 1. The number of hydrogen-bond acceptors (Lipinski definition) is 4. The molecule has 1 aliphatic heterocycles. The molecule has 20 heavy (non-hydrogen) atoms. The molecule has 0 saturated carbocycles. The van der Waals surface area contributed by atoms with E-state index in [9.17, 15) is 9.59 Å². The van der Waals surface area contributed by atoms with E-state index in [-0.39, 0.29) is 12.1 Å². The van der Waals surface area contributed by atoms with Gasteiger partial charge in [-0.3, -0.25) is 14.2 Å². The molecule has 2 aromatic rings. The maximum absolute atomic E-state index is 12.2. The molecule has 0 aliphatic carbocycles. The van der Waals surface area contributed by atoms with Gasteiger partial charge in [-0.05, 0) is 12.5 Å². The van der Waals surface area contributed by atoms with Crippen molar-refractivity contribution in [2.45, 2.75) is 23.4 Å². The number of carbonyl (C=O) groups excluding carboxylic acids is 1. The minimum atomic E-state index is -0.964.